The number of fused-ring (bicyclic) bond motifs is 1. The summed E-state index contributed by atoms with van der Waals surface area (Å²) >= 11 is 1.90. The van der Waals surface area contributed by atoms with Crippen LogP contribution in [0.15, 0.2) is 65.6 Å². The first-order chi connectivity index (χ1) is 8.84. The van der Waals surface area contributed by atoms with Gasteiger partial charge in [-0.15, -0.1) is 0 Å². The van der Waals surface area contributed by atoms with Gasteiger partial charge in [-0.25, -0.2) is 0 Å². The molecular formula is C16H15NS. The number of rotatable bonds is 2. The summed E-state index contributed by atoms with van der Waals surface area (Å²) < 4.78 is 0. The van der Waals surface area contributed by atoms with Gasteiger partial charge in [0.15, 0.2) is 0 Å². The average molecular weight is 253 g/mol. The summed E-state index contributed by atoms with van der Waals surface area (Å²) in [4.78, 5) is 3.68. The molecule has 18 heavy (non-hydrogen) atoms. The zero-order valence-electron chi connectivity index (χ0n) is 10.3. The van der Waals surface area contributed by atoms with Crippen LogP contribution in [0.2, 0.25) is 0 Å². The number of likely N-dealkylation sites (N-methyl/N-ethyl adjacent to an activating group) is 1. The van der Waals surface area contributed by atoms with E-state index in [-0.39, 0.29) is 0 Å². The minimum Gasteiger partial charge on any atom is -0.358 e. The van der Waals surface area contributed by atoms with Crippen LogP contribution in [0, 0.1) is 0 Å². The molecule has 0 amide bonds. The lowest BCUT2D eigenvalue weighted by atomic mass is 10.2. The van der Waals surface area contributed by atoms with Crippen LogP contribution >= 0.6 is 11.8 Å². The number of hydrogen-bond donors (Lipinski definition) is 0. The second-order valence-electron chi connectivity index (χ2n) is 4.36. The van der Waals surface area contributed by atoms with Crippen LogP contribution in [0.25, 0.3) is 6.08 Å². The second-order valence-corrected chi connectivity index (χ2v) is 5.52. The van der Waals surface area contributed by atoms with Crippen molar-refractivity contribution >= 4 is 23.5 Å². The van der Waals surface area contributed by atoms with Crippen LogP contribution in [-0.2, 0) is 0 Å². The molecule has 0 saturated heterocycles. The summed E-state index contributed by atoms with van der Waals surface area (Å²) in [5, 5.41) is 0.391. The molecule has 1 unspecified atom stereocenters. The molecule has 1 heterocycles. The maximum absolute atomic E-state index is 2.32. The number of thioether (sulfide) groups is 1. The molecule has 0 saturated carbocycles. The van der Waals surface area contributed by atoms with Crippen LogP contribution in [0.4, 0.5) is 5.69 Å². The summed E-state index contributed by atoms with van der Waals surface area (Å²) in [5.74, 6) is 0. The van der Waals surface area contributed by atoms with Crippen LogP contribution < -0.4 is 4.90 Å². The van der Waals surface area contributed by atoms with Crippen molar-refractivity contribution in [3.63, 3.8) is 0 Å². The summed E-state index contributed by atoms with van der Waals surface area (Å²) in [6, 6.07) is 19.0. The van der Waals surface area contributed by atoms with E-state index in [1.54, 1.807) is 0 Å². The average Bonchev–Trinajstić information content (AvgIpc) is 2.75. The fourth-order valence-corrected chi connectivity index (χ4v) is 3.30. The van der Waals surface area contributed by atoms with Crippen LogP contribution in [0.3, 0.4) is 0 Å². The van der Waals surface area contributed by atoms with Gasteiger partial charge in [0, 0.05) is 11.9 Å². The Morgan fingerprint density at radius 3 is 2.50 bits per heavy atom. The Balaban J connectivity index is 1.79. The van der Waals surface area contributed by atoms with E-state index < -0.39 is 0 Å². The van der Waals surface area contributed by atoms with Crippen molar-refractivity contribution in [1.82, 2.24) is 0 Å². The van der Waals surface area contributed by atoms with Gasteiger partial charge in [0.1, 0.15) is 0 Å². The Morgan fingerprint density at radius 2 is 1.72 bits per heavy atom. The summed E-state index contributed by atoms with van der Waals surface area (Å²) in [5.41, 5.74) is 2.58. The number of hydrogen-bond acceptors (Lipinski definition) is 2. The van der Waals surface area contributed by atoms with Gasteiger partial charge in [0.25, 0.3) is 0 Å². The quantitative estimate of drug-likeness (QED) is 0.786. The molecule has 1 nitrogen and oxygen atoms in total. The zero-order valence-corrected chi connectivity index (χ0v) is 11.1. The third-order valence-electron chi connectivity index (χ3n) is 3.13. The molecule has 0 aromatic heterocycles. The van der Waals surface area contributed by atoms with Crippen molar-refractivity contribution < 1.29 is 0 Å². The van der Waals surface area contributed by atoms with Crippen molar-refractivity contribution in [3.8, 4) is 0 Å². The maximum Gasteiger partial charge on any atom is 0.0983 e. The Labute approximate surface area is 112 Å². The molecule has 1 atom stereocenters. The summed E-state index contributed by atoms with van der Waals surface area (Å²) in [7, 11) is 2.15. The lowest BCUT2D eigenvalue weighted by Crippen LogP contribution is -2.21. The lowest BCUT2D eigenvalue weighted by molar-refractivity contribution is 0.993. The van der Waals surface area contributed by atoms with Gasteiger partial charge in [-0.3, -0.25) is 0 Å². The molecule has 0 N–H and O–H groups in total. The Kier molecular flexibility index (Phi) is 3.11. The Hall–Kier alpha value is -1.67. The zero-order chi connectivity index (χ0) is 12.4. The first kappa shape index (κ1) is 11.4. The highest BCUT2D eigenvalue weighted by atomic mass is 32.2. The largest absolute Gasteiger partial charge is 0.358 e. The highest BCUT2D eigenvalue weighted by Gasteiger charge is 2.24. The Bertz CT molecular complexity index is 562. The number of para-hydroxylation sites is 1. The minimum atomic E-state index is 0.391. The van der Waals surface area contributed by atoms with Crippen molar-refractivity contribution in [3.05, 3.63) is 66.2 Å². The number of nitrogens with zero attached hydrogens (tertiary/aromatic N) is 1. The van der Waals surface area contributed by atoms with Gasteiger partial charge in [0.05, 0.1) is 11.1 Å². The van der Waals surface area contributed by atoms with E-state index in [2.05, 4.69) is 72.6 Å². The van der Waals surface area contributed by atoms with E-state index in [0.29, 0.717) is 5.37 Å². The van der Waals surface area contributed by atoms with Gasteiger partial charge in [-0.2, -0.15) is 0 Å². The van der Waals surface area contributed by atoms with Gasteiger partial charge in [0.2, 0.25) is 0 Å². The van der Waals surface area contributed by atoms with E-state index in [4.69, 9.17) is 0 Å². The van der Waals surface area contributed by atoms with Crippen molar-refractivity contribution in [1.29, 1.82) is 0 Å². The van der Waals surface area contributed by atoms with Gasteiger partial charge >= 0.3 is 0 Å². The lowest BCUT2D eigenvalue weighted by Gasteiger charge is -2.18. The van der Waals surface area contributed by atoms with Crippen molar-refractivity contribution in [2.24, 2.45) is 0 Å². The molecule has 0 spiro atoms. The molecule has 0 fully saturated rings. The predicted molar refractivity (Wildman–Crippen MR) is 80.0 cm³/mol. The molecule has 3 rings (SSSR count). The van der Waals surface area contributed by atoms with E-state index in [9.17, 15) is 0 Å². The molecule has 1 aliphatic rings. The molecule has 0 bridgehead atoms. The summed E-state index contributed by atoms with van der Waals surface area (Å²) in [6.45, 7) is 0. The first-order valence-corrected chi connectivity index (χ1v) is 6.94. The topological polar surface area (TPSA) is 3.24 Å². The highest BCUT2D eigenvalue weighted by molar-refractivity contribution is 8.00. The molecule has 0 radical (unpaired) electrons. The van der Waals surface area contributed by atoms with E-state index in [1.165, 1.54) is 16.1 Å². The third kappa shape index (κ3) is 2.16. The molecule has 1 aliphatic heterocycles. The number of anilines is 1. The monoisotopic (exact) mass is 253 g/mol. The highest BCUT2D eigenvalue weighted by Crippen LogP contribution is 2.42. The molecular weight excluding hydrogens is 238 g/mol. The molecule has 90 valence electrons. The van der Waals surface area contributed by atoms with Gasteiger partial charge in [-0.1, -0.05) is 66.4 Å². The van der Waals surface area contributed by atoms with E-state index >= 15 is 0 Å². The summed E-state index contributed by atoms with van der Waals surface area (Å²) in [6.07, 6.45) is 4.46. The molecule has 2 heteroatoms. The molecule has 0 aliphatic carbocycles. The second kappa shape index (κ2) is 4.91. The maximum atomic E-state index is 2.32. The fraction of sp³-hybridized carbons (Fsp3) is 0.125. The normalized spacial score (nSPS) is 18.3. The van der Waals surface area contributed by atoms with Gasteiger partial charge in [-0.05, 0) is 17.7 Å². The number of benzene rings is 2. The molecule has 2 aromatic rings. The van der Waals surface area contributed by atoms with E-state index in [0.717, 1.165) is 0 Å². The van der Waals surface area contributed by atoms with E-state index in [1.807, 2.05) is 17.8 Å². The fourth-order valence-electron chi connectivity index (χ4n) is 2.12. The predicted octanol–water partition coefficient (Wildman–Crippen LogP) is 4.27. The van der Waals surface area contributed by atoms with Gasteiger partial charge < -0.3 is 4.90 Å². The van der Waals surface area contributed by atoms with Crippen LogP contribution in [0.5, 0.6) is 0 Å². The van der Waals surface area contributed by atoms with Crippen molar-refractivity contribution in [2.45, 2.75) is 10.3 Å². The first-order valence-electron chi connectivity index (χ1n) is 6.06. The standard InChI is InChI=1S/C16H15NS/c1-17-14-9-5-6-10-15(14)18-16(17)12-11-13-7-3-2-4-8-13/h2-12,16H,1H3/b12-11+. The van der Waals surface area contributed by atoms with Crippen LogP contribution in [0.1, 0.15) is 5.56 Å². The van der Waals surface area contributed by atoms with Crippen molar-refractivity contribution in [2.75, 3.05) is 11.9 Å². The molecule has 2 aromatic carbocycles. The third-order valence-corrected chi connectivity index (χ3v) is 4.44. The van der Waals surface area contributed by atoms with Crippen LogP contribution in [-0.4, -0.2) is 12.4 Å². The minimum absolute atomic E-state index is 0.391. The SMILES string of the molecule is CN1c2ccccc2SC1/C=C/c1ccccc1. The Morgan fingerprint density at radius 1 is 1.00 bits per heavy atom. The smallest absolute Gasteiger partial charge is 0.0983 e.